The molecule has 0 unspecified atom stereocenters. The van der Waals surface area contributed by atoms with Gasteiger partial charge < -0.3 is 0 Å². The summed E-state index contributed by atoms with van der Waals surface area (Å²) in [5.41, 5.74) is 0. The molecular formula is C8H14S. The van der Waals surface area contributed by atoms with Gasteiger partial charge in [-0.3, -0.25) is 0 Å². The maximum absolute atomic E-state index is 2.23. The van der Waals surface area contributed by atoms with Gasteiger partial charge in [-0.25, -0.2) is 0 Å². The lowest BCUT2D eigenvalue weighted by atomic mass is 9.87. The molecule has 0 radical (unpaired) electrons. The van der Waals surface area contributed by atoms with Crippen molar-refractivity contribution in [2.75, 3.05) is 5.75 Å². The molecule has 0 bridgehead atoms. The molecule has 2 rings (SSSR count). The van der Waals surface area contributed by atoms with E-state index in [-0.39, 0.29) is 0 Å². The van der Waals surface area contributed by atoms with Crippen LogP contribution >= 0.6 is 11.8 Å². The molecule has 1 aliphatic heterocycles. The fraction of sp³-hybridized carbons (Fsp3) is 1.00. The zero-order valence-electron chi connectivity index (χ0n) is 5.81. The minimum absolute atomic E-state index is 1.08. The Morgan fingerprint density at radius 2 is 1.89 bits per heavy atom. The minimum atomic E-state index is 1.08. The minimum Gasteiger partial charge on any atom is -0.158 e. The van der Waals surface area contributed by atoms with Gasteiger partial charge in [0.2, 0.25) is 0 Å². The Kier molecular flexibility index (Phi) is 1.71. The molecule has 2 fully saturated rings. The van der Waals surface area contributed by atoms with Gasteiger partial charge in [0.15, 0.2) is 0 Å². The predicted molar refractivity (Wildman–Crippen MR) is 42.8 cm³/mol. The lowest BCUT2D eigenvalue weighted by molar-refractivity contribution is 0.378. The van der Waals surface area contributed by atoms with Crippen LogP contribution in [0, 0.1) is 5.92 Å². The Bertz CT molecular complexity index is 88.7. The van der Waals surface area contributed by atoms with Crippen molar-refractivity contribution in [3.63, 3.8) is 0 Å². The van der Waals surface area contributed by atoms with Crippen LogP contribution in [0.15, 0.2) is 0 Å². The number of hydrogen-bond donors (Lipinski definition) is 0. The third-order valence-corrected chi connectivity index (χ3v) is 4.18. The van der Waals surface area contributed by atoms with Crippen molar-refractivity contribution in [2.24, 2.45) is 5.92 Å². The van der Waals surface area contributed by atoms with Crippen molar-refractivity contribution in [3.05, 3.63) is 0 Å². The van der Waals surface area contributed by atoms with E-state index in [9.17, 15) is 0 Å². The normalized spacial score (nSPS) is 42.7. The van der Waals surface area contributed by atoms with Gasteiger partial charge in [-0.1, -0.05) is 12.8 Å². The van der Waals surface area contributed by atoms with Gasteiger partial charge in [0.05, 0.1) is 0 Å². The van der Waals surface area contributed by atoms with E-state index < -0.39 is 0 Å². The highest BCUT2D eigenvalue weighted by Gasteiger charge is 2.29. The molecule has 1 saturated heterocycles. The third-order valence-electron chi connectivity index (χ3n) is 2.66. The van der Waals surface area contributed by atoms with E-state index in [4.69, 9.17) is 0 Å². The summed E-state index contributed by atoms with van der Waals surface area (Å²) >= 11 is 2.23. The fourth-order valence-corrected chi connectivity index (χ4v) is 3.71. The summed E-state index contributed by atoms with van der Waals surface area (Å²) in [5, 5.41) is 1.08. The van der Waals surface area contributed by atoms with Gasteiger partial charge in [-0.05, 0) is 30.9 Å². The van der Waals surface area contributed by atoms with Gasteiger partial charge in [0.25, 0.3) is 0 Å². The molecule has 0 aromatic rings. The van der Waals surface area contributed by atoms with Gasteiger partial charge in [-0.2, -0.15) is 11.8 Å². The largest absolute Gasteiger partial charge is 0.158 e. The van der Waals surface area contributed by atoms with Crippen molar-refractivity contribution < 1.29 is 0 Å². The summed E-state index contributed by atoms with van der Waals surface area (Å²) in [6.45, 7) is 0. The van der Waals surface area contributed by atoms with Crippen molar-refractivity contribution in [1.82, 2.24) is 0 Å². The number of fused-ring (bicyclic) bond motifs is 1. The van der Waals surface area contributed by atoms with Gasteiger partial charge in [0, 0.05) is 5.25 Å². The molecule has 1 aliphatic carbocycles. The molecule has 0 spiro atoms. The maximum atomic E-state index is 2.23. The monoisotopic (exact) mass is 142 g/mol. The Labute approximate surface area is 61.4 Å². The first-order valence-corrected chi connectivity index (χ1v) is 5.13. The highest BCUT2D eigenvalue weighted by Crippen LogP contribution is 2.41. The van der Waals surface area contributed by atoms with Gasteiger partial charge in [-0.15, -0.1) is 0 Å². The predicted octanol–water partition coefficient (Wildman–Crippen LogP) is 2.68. The number of hydrogen-bond acceptors (Lipinski definition) is 1. The topological polar surface area (TPSA) is 0 Å². The SMILES string of the molecule is C1CC[C@H]2SCC[C@H]2C1. The molecule has 0 aromatic heterocycles. The lowest BCUT2D eigenvalue weighted by Gasteiger charge is -2.23. The van der Waals surface area contributed by atoms with Crippen LogP contribution in [-0.4, -0.2) is 11.0 Å². The summed E-state index contributed by atoms with van der Waals surface area (Å²) in [6, 6.07) is 0. The first-order chi connectivity index (χ1) is 4.47. The second-order valence-electron chi connectivity index (χ2n) is 3.24. The molecule has 1 heterocycles. The molecule has 1 saturated carbocycles. The van der Waals surface area contributed by atoms with Crippen molar-refractivity contribution in [3.8, 4) is 0 Å². The van der Waals surface area contributed by atoms with E-state index in [2.05, 4.69) is 11.8 Å². The Hall–Kier alpha value is 0.350. The highest BCUT2D eigenvalue weighted by molar-refractivity contribution is 8.00. The molecule has 2 aliphatic rings. The summed E-state index contributed by atoms with van der Waals surface area (Å²) in [5.74, 6) is 2.58. The fourth-order valence-electron chi connectivity index (χ4n) is 2.09. The average molecular weight is 142 g/mol. The van der Waals surface area contributed by atoms with Crippen molar-refractivity contribution in [1.29, 1.82) is 0 Å². The van der Waals surface area contributed by atoms with Gasteiger partial charge in [0.1, 0.15) is 0 Å². The first-order valence-electron chi connectivity index (χ1n) is 4.08. The van der Waals surface area contributed by atoms with Crippen LogP contribution in [0.1, 0.15) is 32.1 Å². The van der Waals surface area contributed by atoms with Crippen LogP contribution in [0.3, 0.4) is 0 Å². The van der Waals surface area contributed by atoms with Crippen LogP contribution in [-0.2, 0) is 0 Å². The molecule has 52 valence electrons. The Morgan fingerprint density at radius 1 is 1.00 bits per heavy atom. The summed E-state index contributed by atoms with van der Waals surface area (Å²) in [4.78, 5) is 0. The Morgan fingerprint density at radius 3 is 2.78 bits per heavy atom. The number of thioether (sulfide) groups is 1. The highest BCUT2D eigenvalue weighted by atomic mass is 32.2. The zero-order valence-corrected chi connectivity index (χ0v) is 6.62. The van der Waals surface area contributed by atoms with E-state index in [1.165, 1.54) is 37.9 Å². The van der Waals surface area contributed by atoms with E-state index in [0.29, 0.717) is 0 Å². The Balaban J connectivity index is 1.97. The molecule has 9 heavy (non-hydrogen) atoms. The molecule has 2 atom stereocenters. The second-order valence-corrected chi connectivity index (χ2v) is 4.59. The van der Waals surface area contributed by atoms with Crippen LogP contribution < -0.4 is 0 Å². The van der Waals surface area contributed by atoms with E-state index in [0.717, 1.165) is 11.2 Å². The lowest BCUT2D eigenvalue weighted by Crippen LogP contribution is -2.15. The first kappa shape index (κ1) is 6.09. The average Bonchev–Trinajstić information content (AvgIpc) is 2.33. The molecular weight excluding hydrogens is 128 g/mol. The van der Waals surface area contributed by atoms with Crippen molar-refractivity contribution >= 4 is 11.8 Å². The smallest absolute Gasteiger partial charge is 0.00756 e. The van der Waals surface area contributed by atoms with E-state index in [1.54, 1.807) is 0 Å². The zero-order chi connectivity index (χ0) is 6.10. The standard InChI is InChI=1S/C8H14S/c1-2-4-8-7(3-1)5-6-9-8/h7-8H,1-6H2/t7-,8-/m1/s1. The van der Waals surface area contributed by atoms with Crippen LogP contribution in [0.2, 0.25) is 0 Å². The molecule has 0 nitrogen and oxygen atoms in total. The van der Waals surface area contributed by atoms with Crippen LogP contribution in [0.5, 0.6) is 0 Å². The molecule has 1 heteroatoms. The summed E-state index contributed by atoms with van der Waals surface area (Å²) < 4.78 is 0. The van der Waals surface area contributed by atoms with Crippen LogP contribution in [0.4, 0.5) is 0 Å². The second kappa shape index (κ2) is 2.53. The van der Waals surface area contributed by atoms with Crippen molar-refractivity contribution in [2.45, 2.75) is 37.4 Å². The summed E-state index contributed by atoms with van der Waals surface area (Å²) in [7, 11) is 0. The summed E-state index contributed by atoms with van der Waals surface area (Å²) in [6.07, 6.45) is 7.61. The quantitative estimate of drug-likeness (QED) is 0.501. The van der Waals surface area contributed by atoms with Gasteiger partial charge >= 0.3 is 0 Å². The third kappa shape index (κ3) is 1.12. The maximum Gasteiger partial charge on any atom is 0.00756 e. The van der Waals surface area contributed by atoms with Crippen LogP contribution in [0.25, 0.3) is 0 Å². The molecule has 0 aromatic carbocycles. The molecule has 0 amide bonds. The van der Waals surface area contributed by atoms with E-state index in [1.807, 2.05) is 0 Å². The number of rotatable bonds is 0. The molecule has 0 N–H and O–H groups in total. The van der Waals surface area contributed by atoms with E-state index >= 15 is 0 Å².